The minimum absolute atomic E-state index is 0.0818. The quantitative estimate of drug-likeness (QED) is 0.431. The fourth-order valence-electron chi connectivity index (χ4n) is 4.31. The number of ether oxygens (including phenoxy) is 2. The molecule has 3 aromatic heterocycles. The molecular formula is C25H32FN7O4. The molecule has 198 valence electrons. The lowest BCUT2D eigenvalue weighted by molar-refractivity contribution is -0.143. The van der Waals surface area contributed by atoms with Crippen molar-refractivity contribution in [3.05, 3.63) is 35.8 Å². The molecule has 12 heteroatoms. The van der Waals surface area contributed by atoms with Crippen molar-refractivity contribution < 1.29 is 23.8 Å². The summed E-state index contributed by atoms with van der Waals surface area (Å²) in [5.74, 6) is 0.211. The van der Waals surface area contributed by atoms with Crippen molar-refractivity contribution in [2.24, 2.45) is 13.0 Å². The van der Waals surface area contributed by atoms with E-state index < -0.39 is 12.1 Å². The molecular weight excluding hydrogens is 481 g/mol. The molecule has 37 heavy (non-hydrogen) atoms. The molecule has 1 saturated carbocycles. The van der Waals surface area contributed by atoms with Crippen molar-refractivity contribution in [1.29, 1.82) is 0 Å². The minimum Gasteiger partial charge on any atom is -0.489 e. The van der Waals surface area contributed by atoms with Crippen molar-refractivity contribution in [3.8, 4) is 23.0 Å². The molecule has 1 fully saturated rings. The van der Waals surface area contributed by atoms with Crippen LogP contribution < -0.4 is 14.4 Å². The van der Waals surface area contributed by atoms with Gasteiger partial charge in [-0.05, 0) is 51.7 Å². The Balaban J connectivity index is 1.48. The van der Waals surface area contributed by atoms with Gasteiger partial charge in [0.2, 0.25) is 11.8 Å². The molecule has 0 spiro atoms. The number of carboxylic acid groups (broad SMARTS) is 1. The number of aromatic nitrogens is 6. The summed E-state index contributed by atoms with van der Waals surface area (Å²) in [4.78, 5) is 26.6. The number of rotatable bonds is 10. The summed E-state index contributed by atoms with van der Waals surface area (Å²) < 4.78 is 26.3. The SMILES string of the molecule is Cc1nc(-c2nnn(C)c2CN(C)c2nccc(OCC(C)F)n2)ccc1O[C@H]1CCC[C@H](C(=O)O)C1. The van der Waals surface area contributed by atoms with Crippen LogP contribution in [0.1, 0.15) is 44.0 Å². The third-order valence-corrected chi connectivity index (χ3v) is 6.30. The van der Waals surface area contributed by atoms with Gasteiger partial charge in [-0.3, -0.25) is 4.79 Å². The van der Waals surface area contributed by atoms with Crippen LogP contribution in [0.15, 0.2) is 24.4 Å². The van der Waals surface area contributed by atoms with Gasteiger partial charge >= 0.3 is 5.97 Å². The Kier molecular flexibility index (Phi) is 8.14. The van der Waals surface area contributed by atoms with Crippen LogP contribution in [0.4, 0.5) is 10.3 Å². The maximum Gasteiger partial charge on any atom is 0.306 e. The summed E-state index contributed by atoms with van der Waals surface area (Å²) in [5.41, 5.74) is 2.75. The number of hydrogen-bond acceptors (Lipinski definition) is 9. The highest BCUT2D eigenvalue weighted by Crippen LogP contribution is 2.30. The number of carbonyl (C=O) groups is 1. The van der Waals surface area contributed by atoms with Crippen LogP contribution in [-0.4, -0.2) is 67.0 Å². The third-order valence-electron chi connectivity index (χ3n) is 6.30. The molecule has 1 aliphatic rings. The van der Waals surface area contributed by atoms with Crippen LogP contribution in [0.5, 0.6) is 11.6 Å². The van der Waals surface area contributed by atoms with Crippen LogP contribution in [0.25, 0.3) is 11.4 Å². The molecule has 1 aliphatic carbocycles. The molecule has 0 amide bonds. The Morgan fingerprint density at radius 2 is 2.11 bits per heavy atom. The number of alkyl halides is 1. The van der Waals surface area contributed by atoms with E-state index in [0.29, 0.717) is 54.0 Å². The van der Waals surface area contributed by atoms with E-state index >= 15 is 0 Å². The molecule has 4 rings (SSSR count). The number of anilines is 1. The van der Waals surface area contributed by atoms with E-state index in [-0.39, 0.29) is 18.6 Å². The first-order valence-corrected chi connectivity index (χ1v) is 12.3. The van der Waals surface area contributed by atoms with Crippen LogP contribution in [0, 0.1) is 12.8 Å². The Morgan fingerprint density at radius 3 is 2.84 bits per heavy atom. The first kappa shape index (κ1) is 26.2. The van der Waals surface area contributed by atoms with Gasteiger partial charge in [0.1, 0.15) is 24.2 Å². The van der Waals surface area contributed by atoms with Gasteiger partial charge in [-0.15, -0.1) is 5.10 Å². The minimum atomic E-state index is -1.10. The van der Waals surface area contributed by atoms with E-state index in [1.54, 1.807) is 24.0 Å². The lowest BCUT2D eigenvalue weighted by atomic mass is 9.87. The van der Waals surface area contributed by atoms with Crippen LogP contribution in [0.3, 0.4) is 0 Å². The molecule has 11 nitrogen and oxygen atoms in total. The monoisotopic (exact) mass is 513 g/mol. The van der Waals surface area contributed by atoms with Crippen molar-refractivity contribution >= 4 is 11.9 Å². The van der Waals surface area contributed by atoms with Gasteiger partial charge in [-0.1, -0.05) is 5.21 Å². The zero-order valence-corrected chi connectivity index (χ0v) is 21.5. The summed E-state index contributed by atoms with van der Waals surface area (Å²) in [7, 11) is 3.63. The predicted molar refractivity (Wildman–Crippen MR) is 133 cm³/mol. The number of carboxylic acids is 1. The van der Waals surface area contributed by atoms with Crippen molar-refractivity contribution in [2.45, 2.75) is 58.4 Å². The van der Waals surface area contributed by atoms with Gasteiger partial charge in [-0.2, -0.15) is 4.98 Å². The van der Waals surface area contributed by atoms with Gasteiger partial charge in [0.05, 0.1) is 35.6 Å². The van der Waals surface area contributed by atoms with Gasteiger partial charge in [0.15, 0.2) is 0 Å². The average molecular weight is 514 g/mol. The van der Waals surface area contributed by atoms with E-state index in [0.717, 1.165) is 18.5 Å². The Hall–Kier alpha value is -3.83. The van der Waals surface area contributed by atoms with E-state index in [2.05, 4.69) is 20.3 Å². The number of halogens is 1. The Labute approximate surface area is 214 Å². The number of aryl methyl sites for hydroxylation is 2. The van der Waals surface area contributed by atoms with E-state index in [1.807, 2.05) is 31.0 Å². The normalized spacial score (nSPS) is 18.3. The van der Waals surface area contributed by atoms with Crippen LogP contribution in [-0.2, 0) is 18.4 Å². The zero-order chi connectivity index (χ0) is 26.5. The van der Waals surface area contributed by atoms with Crippen LogP contribution in [0.2, 0.25) is 0 Å². The summed E-state index contributed by atoms with van der Waals surface area (Å²) in [5, 5.41) is 17.9. The topological polar surface area (TPSA) is 128 Å². The van der Waals surface area contributed by atoms with Crippen molar-refractivity contribution in [2.75, 3.05) is 18.6 Å². The molecule has 0 bridgehead atoms. The second kappa shape index (κ2) is 11.5. The Morgan fingerprint density at radius 1 is 1.30 bits per heavy atom. The molecule has 1 unspecified atom stereocenters. The zero-order valence-electron chi connectivity index (χ0n) is 21.5. The highest BCUT2D eigenvalue weighted by molar-refractivity contribution is 5.70. The largest absolute Gasteiger partial charge is 0.489 e. The first-order valence-electron chi connectivity index (χ1n) is 12.3. The van der Waals surface area contributed by atoms with Crippen molar-refractivity contribution in [3.63, 3.8) is 0 Å². The third kappa shape index (κ3) is 6.49. The summed E-state index contributed by atoms with van der Waals surface area (Å²) >= 11 is 0. The fourth-order valence-corrected chi connectivity index (χ4v) is 4.31. The summed E-state index contributed by atoms with van der Waals surface area (Å²) in [6.45, 7) is 3.58. The van der Waals surface area contributed by atoms with Gasteiger partial charge in [-0.25, -0.2) is 19.0 Å². The molecule has 0 saturated heterocycles. The smallest absolute Gasteiger partial charge is 0.306 e. The molecule has 3 aromatic rings. The average Bonchev–Trinajstić information content (AvgIpc) is 3.24. The second-order valence-electron chi connectivity index (χ2n) is 9.37. The van der Waals surface area contributed by atoms with Gasteiger partial charge in [0, 0.05) is 26.4 Å². The molecule has 0 aromatic carbocycles. The van der Waals surface area contributed by atoms with E-state index in [4.69, 9.17) is 14.5 Å². The highest BCUT2D eigenvalue weighted by atomic mass is 19.1. The van der Waals surface area contributed by atoms with Gasteiger partial charge in [0.25, 0.3) is 0 Å². The lowest BCUT2D eigenvalue weighted by Crippen LogP contribution is -2.29. The maximum atomic E-state index is 13.1. The summed E-state index contributed by atoms with van der Waals surface area (Å²) in [6, 6.07) is 5.26. The molecule has 3 atom stereocenters. The predicted octanol–water partition coefficient (Wildman–Crippen LogP) is 3.37. The number of pyridine rings is 1. The highest BCUT2D eigenvalue weighted by Gasteiger charge is 2.28. The Bertz CT molecular complexity index is 1240. The van der Waals surface area contributed by atoms with Crippen molar-refractivity contribution in [1.82, 2.24) is 29.9 Å². The van der Waals surface area contributed by atoms with E-state index in [9.17, 15) is 14.3 Å². The molecule has 0 aliphatic heterocycles. The second-order valence-corrected chi connectivity index (χ2v) is 9.37. The lowest BCUT2D eigenvalue weighted by Gasteiger charge is -2.27. The first-order chi connectivity index (χ1) is 17.7. The number of hydrogen-bond donors (Lipinski definition) is 1. The standard InChI is InChI=1S/C25H32FN7O4/c1-15(26)14-36-22-10-11-27-25(29-22)32(3)13-20-23(30-31-33(20)4)19-8-9-21(16(2)28-19)37-18-7-5-6-17(12-18)24(34)35/h8-11,15,17-18H,5-7,12-14H2,1-4H3,(H,34,35)/t15?,17-,18-/m0/s1. The fraction of sp³-hybridized carbons (Fsp3) is 0.520. The van der Waals surface area contributed by atoms with Gasteiger partial charge < -0.3 is 19.5 Å². The molecule has 0 radical (unpaired) electrons. The van der Waals surface area contributed by atoms with Crippen LogP contribution >= 0.6 is 0 Å². The summed E-state index contributed by atoms with van der Waals surface area (Å²) in [6.07, 6.45) is 3.16. The number of nitrogens with zero attached hydrogens (tertiary/aromatic N) is 7. The maximum absolute atomic E-state index is 13.1. The number of aliphatic carboxylic acids is 1. The molecule has 1 N–H and O–H groups in total. The van der Waals surface area contributed by atoms with E-state index in [1.165, 1.54) is 6.92 Å². The molecule has 3 heterocycles.